The van der Waals surface area contributed by atoms with Crippen molar-refractivity contribution in [3.8, 4) is 11.5 Å². The quantitative estimate of drug-likeness (QED) is 0.591. The van der Waals surface area contributed by atoms with Crippen LogP contribution in [-0.2, 0) is 23.0 Å². The van der Waals surface area contributed by atoms with E-state index < -0.39 is 6.09 Å². The Balaban J connectivity index is 1.86. The van der Waals surface area contributed by atoms with Crippen molar-refractivity contribution in [1.82, 2.24) is 4.57 Å². The molecule has 7 heteroatoms. The molecule has 1 aromatic heterocycles. The highest BCUT2D eigenvalue weighted by molar-refractivity contribution is 5.95. The van der Waals surface area contributed by atoms with Gasteiger partial charge in [-0.25, -0.2) is 4.79 Å². The van der Waals surface area contributed by atoms with Gasteiger partial charge in [-0.05, 0) is 48.4 Å². The summed E-state index contributed by atoms with van der Waals surface area (Å²) in [4.78, 5) is 25.7. The topological polar surface area (TPSA) is 70.0 Å². The predicted molar refractivity (Wildman–Crippen MR) is 111 cm³/mol. The summed E-state index contributed by atoms with van der Waals surface area (Å²) in [7, 11) is 6.52. The first-order valence-electron chi connectivity index (χ1n) is 9.18. The van der Waals surface area contributed by atoms with Gasteiger partial charge in [-0.15, -0.1) is 0 Å². The van der Waals surface area contributed by atoms with E-state index in [-0.39, 0.29) is 12.4 Å². The molecule has 0 saturated carbocycles. The molecule has 0 fully saturated rings. The first-order chi connectivity index (χ1) is 13.9. The third kappa shape index (κ3) is 4.34. The fraction of sp³-hybridized carbons (Fsp3) is 0.273. The number of hydrogen-bond acceptors (Lipinski definition) is 5. The largest absolute Gasteiger partial charge is 0.497 e. The van der Waals surface area contributed by atoms with E-state index in [4.69, 9.17) is 14.2 Å². The van der Waals surface area contributed by atoms with Crippen molar-refractivity contribution in [3.05, 3.63) is 54.2 Å². The van der Waals surface area contributed by atoms with E-state index in [9.17, 15) is 9.59 Å². The standard InChI is InChI=1S/C22H24N2O5/c1-23-14-15(8-13-20(25)28-4)21-18(23)6-5-7-19(21)29-22(26)24(2)16-9-11-17(27-3)12-10-16/h5-7,9-12,14H,8,13H2,1-4H3. The van der Waals surface area contributed by atoms with E-state index in [0.717, 1.165) is 16.5 Å². The van der Waals surface area contributed by atoms with Crippen molar-refractivity contribution in [2.45, 2.75) is 12.8 Å². The number of aryl methyl sites for hydroxylation is 2. The molecule has 0 aliphatic rings. The van der Waals surface area contributed by atoms with Crippen LogP contribution < -0.4 is 14.4 Å². The molecule has 0 unspecified atom stereocenters. The second-order valence-corrected chi connectivity index (χ2v) is 6.62. The molecule has 0 radical (unpaired) electrons. The highest BCUT2D eigenvalue weighted by atomic mass is 16.6. The maximum atomic E-state index is 12.7. The monoisotopic (exact) mass is 396 g/mol. The number of carbonyl (C=O) groups excluding carboxylic acids is 2. The van der Waals surface area contributed by atoms with Gasteiger partial charge < -0.3 is 18.8 Å². The van der Waals surface area contributed by atoms with E-state index in [1.54, 1.807) is 44.5 Å². The number of aromatic nitrogens is 1. The minimum atomic E-state index is -0.509. The first kappa shape index (κ1) is 20.3. The van der Waals surface area contributed by atoms with E-state index >= 15 is 0 Å². The zero-order valence-corrected chi connectivity index (χ0v) is 17.0. The number of ether oxygens (including phenoxy) is 3. The predicted octanol–water partition coefficient (Wildman–Crippen LogP) is 3.93. The van der Waals surface area contributed by atoms with Crippen LogP contribution in [0, 0.1) is 0 Å². The molecule has 1 heterocycles. The van der Waals surface area contributed by atoms with Crippen molar-refractivity contribution in [1.29, 1.82) is 0 Å². The number of benzene rings is 2. The fourth-order valence-electron chi connectivity index (χ4n) is 3.19. The van der Waals surface area contributed by atoms with Crippen molar-refractivity contribution in [2.24, 2.45) is 7.05 Å². The second kappa shape index (κ2) is 8.68. The molecule has 29 heavy (non-hydrogen) atoms. The molecule has 1 amide bonds. The zero-order chi connectivity index (χ0) is 21.0. The highest BCUT2D eigenvalue weighted by Gasteiger charge is 2.18. The van der Waals surface area contributed by atoms with Crippen LogP contribution >= 0.6 is 0 Å². The summed E-state index contributed by atoms with van der Waals surface area (Å²) in [6.45, 7) is 0. The number of hydrogen-bond donors (Lipinski definition) is 0. The van der Waals surface area contributed by atoms with Crippen LogP contribution in [0.2, 0.25) is 0 Å². The summed E-state index contributed by atoms with van der Waals surface area (Å²) in [5.41, 5.74) is 2.52. The lowest BCUT2D eigenvalue weighted by atomic mass is 10.1. The minimum absolute atomic E-state index is 0.254. The van der Waals surface area contributed by atoms with E-state index in [2.05, 4.69) is 0 Å². The van der Waals surface area contributed by atoms with Gasteiger partial charge in [-0.2, -0.15) is 0 Å². The molecule has 0 spiro atoms. The molecular formula is C22H24N2O5. The van der Waals surface area contributed by atoms with E-state index in [1.165, 1.54) is 12.0 Å². The number of amides is 1. The zero-order valence-electron chi connectivity index (χ0n) is 17.0. The van der Waals surface area contributed by atoms with Crippen molar-refractivity contribution < 1.29 is 23.8 Å². The number of carbonyl (C=O) groups is 2. The van der Waals surface area contributed by atoms with Gasteiger partial charge >= 0.3 is 12.1 Å². The van der Waals surface area contributed by atoms with Crippen molar-refractivity contribution >= 4 is 28.7 Å². The molecule has 0 bridgehead atoms. The number of rotatable bonds is 6. The molecule has 3 rings (SSSR count). The summed E-state index contributed by atoms with van der Waals surface area (Å²) in [5.74, 6) is 0.879. The summed E-state index contributed by atoms with van der Waals surface area (Å²) in [6.07, 6.45) is 2.18. The minimum Gasteiger partial charge on any atom is -0.497 e. The smallest absolute Gasteiger partial charge is 0.419 e. The lowest BCUT2D eigenvalue weighted by Crippen LogP contribution is -2.29. The van der Waals surface area contributed by atoms with E-state index in [0.29, 0.717) is 23.6 Å². The normalized spacial score (nSPS) is 10.6. The maximum Gasteiger partial charge on any atom is 0.419 e. The summed E-state index contributed by atoms with van der Waals surface area (Å²) < 4.78 is 17.5. The van der Waals surface area contributed by atoms with Crippen LogP contribution in [0.4, 0.5) is 10.5 Å². The van der Waals surface area contributed by atoms with Crippen LogP contribution in [0.25, 0.3) is 10.9 Å². The lowest BCUT2D eigenvalue weighted by molar-refractivity contribution is -0.140. The SMILES string of the molecule is COC(=O)CCc1cn(C)c2cccc(OC(=O)N(C)c3ccc(OC)cc3)c12. The van der Waals surface area contributed by atoms with Gasteiger partial charge in [0.05, 0.1) is 19.7 Å². The van der Waals surface area contributed by atoms with Gasteiger partial charge in [0, 0.05) is 37.8 Å². The molecule has 0 N–H and O–H groups in total. The van der Waals surface area contributed by atoms with Crippen LogP contribution in [-0.4, -0.2) is 37.9 Å². The number of nitrogens with zero attached hydrogens (tertiary/aromatic N) is 2. The third-order valence-corrected chi connectivity index (χ3v) is 4.81. The van der Waals surface area contributed by atoms with Gasteiger partial charge in [-0.1, -0.05) is 6.07 Å². The average molecular weight is 396 g/mol. The van der Waals surface area contributed by atoms with Gasteiger partial charge in [0.15, 0.2) is 0 Å². The molecule has 3 aromatic rings. The Morgan fingerprint density at radius 3 is 2.45 bits per heavy atom. The van der Waals surface area contributed by atoms with Crippen molar-refractivity contribution in [2.75, 3.05) is 26.2 Å². The number of methoxy groups -OCH3 is 2. The Morgan fingerprint density at radius 2 is 1.79 bits per heavy atom. The molecule has 0 aliphatic heterocycles. The molecular weight excluding hydrogens is 372 g/mol. The summed E-state index contributed by atoms with van der Waals surface area (Å²) >= 11 is 0. The van der Waals surface area contributed by atoms with Gasteiger partial charge in [0.2, 0.25) is 0 Å². The van der Waals surface area contributed by atoms with Crippen LogP contribution in [0.1, 0.15) is 12.0 Å². The maximum absolute atomic E-state index is 12.7. The van der Waals surface area contributed by atoms with Crippen LogP contribution in [0.3, 0.4) is 0 Å². The number of esters is 1. The molecule has 0 saturated heterocycles. The second-order valence-electron chi connectivity index (χ2n) is 6.62. The molecule has 7 nitrogen and oxygen atoms in total. The molecule has 0 atom stereocenters. The summed E-state index contributed by atoms with van der Waals surface area (Å²) in [6, 6.07) is 12.7. The lowest BCUT2D eigenvalue weighted by Gasteiger charge is -2.18. The van der Waals surface area contributed by atoms with Crippen LogP contribution in [0.5, 0.6) is 11.5 Å². The number of fused-ring (bicyclic) bond motifs is 1. The van der Waals surface area contributed by atoms with Gasteiger partial charge in [-0.3, -0.25) is 9.69 Å². The highest BCUT2D eigenvalue weighted by Crippen LogP contribution is 2.32. The van der Waals surface area contributed by atoms with Gasteiger partial charge in [0.25, 0.3) is 0 Å². The van der Waals surface area contributed by atoms with Gasteiger partial charge in [0.1, 0.15) is 11.5 Å². The first-order valence-corrected chi connectivity index (χ1v) is 9.18. The molecule has 152 valence electrons. The Labute approximate surface area is 169 Å². The fourth-order valence-corrected chi connectivity index (χ4v) is 3.19. The Kier molecular flexibility index (Phi) is 6.07. The molecule has 2 aromatic carbocycles. The molecule has 0 aliphatic carbocycles. The van der Waals surface area contributed by atoms with E-state index in [1.807, 2.05) is 29.9 Å². The van der Waals surface area contributed by atoms with Crippen LogP contribution in [0.15, 0.2) is 48.7 Å². The summed E-state index contributed by atoms with van der Waals surface area (Å²) in [5, 5.41) is 0.815. The Morgan fingerprint density at radius 1 is 1.07 bits per heavy atom. The Bertz CT molecular complexity index is 1020. The van der Waals surface area contributed by atoms with Crippen molar-refractivity contribution in [3.63, 3.8) is 0 Å². The Hall–Kier alpha value is -3.48. The average Bonchev–Trinajstić information content (AvgIpc) is 3.08. The third-order valence-electron chi connectivity index (χ3n) is 4.81. The number of anilines is 1.